The van der Waals surface area contributed by atoms with Crippen molar-refractivity contribution in [3.05, 3.63) is 83.3 Å². The van der Waals surface area contributed by atoms with Crippen LogP contribution in [0.2, 0.25) is 0 Å². The number of hydrogen-bond acceptors (Lipinski definition) is 4. The molecule has 154 valence electrons. The Balaban J connectivity index is 1.71. The first-order valence-corrected chi connectivity index (χ1v) is 10.2. The van der Waals surface area contributed by atoms with Gasteiger partial charge in [0.1, 0.15) is 12.1 Å². The minimum Gasteiger partial charge on any atom is -0.340 e. The van der Waals surface area contributed by atoms with Gasteiger partial charge in [-0.1, -0.05) is 51.1 Å². The maximum Gasteiger partial charge on any atom is 0.248 e. The monoisotopic (exact) mass is 400 g/mol. The third kappa shape index (κ3) is 5.77. The van der Waals surface area contributed by atoms with Crippen molar-refractivity contribution < 1.29 is 4.79 Å². The summed E-state index contributed by atoms with van der Waals surface area (Å²) in [7, 11) is 0. The summed E-state index contributed by atoms with van der Waals surface area (Å²) < 4.78 is 0. The molecule has 0 unspecified atom stereocenters. The Morgan fingerprint density at radius 3 is 2.50 bits per heavy atom. The highest BCUT2D eigenvalue weighted by Crippen LogP contribution is 2.24. The SMILES string of the molecule is CCc1ccc(Nc2cc(C)ncn2)cc1NC(=O)/C=C/c1ccc(C(C)C)cc1. The summed E-state index contributed by atoms with van der Waals surface area (Å²) in [5, 5.41) is 6.26. The summed E-state index contributed by atoms with van der Waals surface area (Å²) in [5.74, 6) is 1.05. The van der Waals surface area contributed by atoms with E-state index in [1.165, 1.54) is 11.9 Å². The van der Waals surface area contributed by atoms with Crippen LogP contribution in [0, 0.1) is 6.92 Å². The number of nitrogens with zero attached hydrogens (tertiary/aromatic N) is 2. The van der Waals surface area contributed by atoms with Crippen LogP contribution < -0.4 is 10.6 Å². The largest absolute Gasteiger partial charge is 0.340 e. The zero-order valence-electron chi connectivity index (χ0n) is 17.9. The Kier molecular flexibility index (Phi) is 6.96. The molecular formula is C25H28N4O. The Morgan fingerprint density at radius 1 is 1.07 bits per heavy atom. The second-order valence-corrected chi connectivity index (χ2v) is 7.54. The van der Waals surface area contributed by atoms with E-state index < -0.39 is 0 Å². The number of aromatic nitrogens is 2. The molecule has 0 saturated carbocycles. The summed E-state index contributed by atoms with van der Waals surface area (Å²) in [5.41, 5.74) is 5.89. The van der Waals surface area contributed by atoms with Crippen molar-refractivity contribution in [2.75, 3.05) is 10.6 Å². The van der Waals surface area contributed by atoms with E-state index in [4.69, 9.17) is 0 Å². The van der Waals surface area contributed by atoms with Gasteiger partial charge < -0.3 is 10.6 Å². The molecule has 0 saturated heterocycles. The van der Waals surface area contributed by atoms with E-state index in [1.54, 1.807) is 6.08 Å². The number of rotatable bonds is 7. The zero-order chi connectivity index (χ0) is 21.5. The first-order valence-electron chi connectivity index (χ1n) is 10.2. The van der Waals surface area contributed by atoms with Crippen molar-refractivity contribution in [3.8, 4) is 0 Å². The molecule has 0 bridgehead atoms. The standard InChI is InChI=1S/C25H28N4O/c1-5-20-11-12-22(28-24-14-18(4)26-16-27-24)15-23(20)29-25(30)13-8-19-6-9-21(10-7-19)17(2)3/h6-17H,5H2,1-4H3,(H,29,30)(H,26,27,28)/b13-8+. The fourth-order valence-electron chi connectivity index (χ4n) is 3.09. The Morgan fingerprint density at radius 2 is 1.83 bits per heavy atom. The quantitative estimate of drug-likeness (QED) is 0.487. The van der Waals surface area contributed by atoms with E-state index in [2.05, 4.69) is 53.5 Å². The molecule has 1 amide bonds. The van der Waals surface area contributed by atoms with Gasteiger partial charge in [-0.2, -0.15) is 0 Å². The minimum absolute atomic E-state index is 0.160. The second-order valence-electron chi connectivity index (χ2n) is 7.54. The van der Waals surface area contributed by atoms with E-state index in [1.807, 2.05) is 49.4 Å². The number of anilines is 3. The molecule has 0 fully saturated rings. The maximum absolute atomic E-state index is 12.5. The fourth-order valence-corrected chi connectivity index (χ4v) is 3.09. The number of hydrogen-bond donors (Lipinski definition) is 2. The average Bonchev–Trinajstić information content (AvgIpc) is 2.73. The van der Waals surface area contributed by atoms with Gasteiger partial charge in [0.25, 0.3) is 0 Å². The maximum atomic E-state index is 12.5. The molecule has 0 radical (unpaired) electrons. The highest BCUT2D eigenvalue weighted by Gasteiger charge is 2.07. The summed E-state index contributed by atoms with van der Waals surface area (Å²) in [6.07, 6.45) is 5.75. The van der Waals surface area contributed by atoms with Crippen LogP contribution >= 0.6 is 0 Å². The predicted molar refractivity (Wildman–Crippen MR) is 124 cm³/mol. The molecule has 3 aromatic rings. The van der Waals surface area contributed by atoms with Crippen molar-refractivity contribution in [2.24, 2.45) is 0 Å². The minimum atomic E-state index is -0.160. The van der Waals surface area contributed by atoms with Gasteiger partial charge in [-0.3, -0.25) is 4.79 Å². The van der Waals surface area contributed by atoms with Gasteiger partial charge in [0.2, 0.25) is 5.91 Å². The zero-order valence-corrected chi connectivity index (χ0v) is 17.9. The summed E-state index contributed by atoms with van der Waals surface area (Å²) in [6.45, 7) is 8.32. The number of amides is 1. The Bertz CT molecular complexity index is 1040. The Hall–Kier alpha value is -3.47. The third-order valence-electron chi connectivity index (χ3n) is 4.86. The highest BCUT2D eigenvalue weighted by atomic mass is 16.1. The lowest BCUT2D eigenvalue weighted by molar-refractivity contribution is -0.111. The average molecular weight is 401 g/mol. The second kappa shape index (κ2) is 9.83. The van der Waals surface area contributed by atoms with Crippen LogP contribution in [-0.2, 0) is 11.2 Å². The van der Waals surface area contributed by atoms with Crippen LogP contribution in [0.25, 0.3) is 6.08 Å². The Labute approximate surface area is 178 Å². The van der Waals surface area contributed by atoms with Crippen molar-refractivity contribution in [3.63, 3.8) is 0 Å². The van der Waals surface area contributed by atoms with Gasteiger partial charge in [0.05, 0.1) is 0 Å². The molecule has 5 heteroatoms. The molecule has 2 N–H and O–H groups in total. The van der Waals surface area contributed by atoms with Gasteiger partial charge >= 0.3 is 0 Å². The molecule has 3 rings (SSSR count). The summed E-state index contributed by atoms with van der Waals surface area (Å²) >= 11 is 0. The number of nitrogens with one attached hydrogen (secondary N) is 2. The van der Waals surface area contributed by atoms with Crippen LogP contribution in [0.5, 0.6) is 0 Å². The van der Waals surface area contributed by atoms with Crippen LogP contribution in [-0.4, -0.2) is 15.9 Å². The van der Waals surface area contributed by atoms with E-state index in [0.29, 0.717) is 11.7 Å². The van der Waals surface area contributed by atoms with Crippen LogP contribution in [0.15, 0.2) is 60.9 Å². The van der Waals surface area contributed by atoms with E-state index in [0.717, 1.165) is 34.6 Å². The molecule has 0 aliphatic heterocycles. The number of carbonyl (C=O) groups excluding carboxylic acids is 1. The number of carbonyl (C=O) groups is 1. The van der Waals surface area contributed by atoms with E-state index in [9.17, 15) is 4.79 Å². The fraction of sp³-hybridized carbons (Fsp3) is 0.240. The smallest absolute Gasteiger partial charge is 0.248 e. The first kappa shape index (κ1) is 21.2. The lowest BCUT2D eigenvalue weighted by atomic mass is 10.0. The van der Waals surface area contributed by atoms with Crippen molar-refractivity contribution in [2.45, 2.75) is 40.0 Å². The normalized spacial score (nSPS) is 11.1. The molecule has 0 spiro atoms. The van der Waals surface area contributed by atoms with Crippen molar-refractivity contribution >= 4 is 29.2 Å². The van der Waals surface area contributed by atoms with Crippen LogP contribution in [0.4, 0.5) is 17.2 Å². The van der Waals surface area contributed by atoms with Crippen molar-refractivity contribution in [1.29, 1.82) is 0 Å². The van der Waals surface area contributed by atoms with Gasteiger partial charge in [-0.25, -0.2) is 9.97 Å². The van der Waals surface area contributed by atoms with Gasteiger partial charge in [0, 0.05) is 29.2 Å². The molecule has 1 aromatic heterocycles. The molecule has 2 aromatic carbocycles. The molecule has 0 atom stereocenters. The number of aryl methyl sites for hydroxylation is 2. The highest BCUT2D eigenvalue weighted by molar-refractivity contribution is 6.02. The first-order chi connectivity index (χ1) is 14.4. The van der Waals surface area contributed by atoms with Gasteiger partial charge in [0.15, 0.2) is 0 Å². The third-order valence-corrected chi connectivity index (χ3v) is 4.86. The lowest BCUT2D eigenvalue weighted by Crippen LogP contribution is -2.10. The van der Waals surface area contributed by atoms with E-state index in [-0.39, 0.29) is 5.91 Å². The topological polar surface area (TPSA) is 66.9 Å². The van der Waals surface area contributed by atoms with Crippen molar-refractivity contribution in [1.82, 2.24) is 9.97 Å². The molecule has 5 nitrogen and oxygen atoms in total. The van der Waals surface area contributed by atoms with Crippen LogP contribution in [0.3, 0.4) is 0 Å². The molecule has 30 heavy (non-hydrogen) atoms. The lowest BCUT2D eigenvalue weighted by Gasteiger charge is -2.12. The molecule has 0 aliphatic carbocycles. The van der Waals surface area contributed by atoms with E-state index >= 15 is 0 Å². The molecule has 1 heterocycles. The van der Waals surface area contributed by atoms with Gasteiger partial charge in [-0.05, 0) is 54.2 Å². The summed E-state index contributed by atoms with van der Waals surface area (Å²) in [6, 6.07) is 16.1. The number of benzene rings is 2. The summed E-state index contributed by atoms with van der Waals surface area (Å²) in [4.78, 5) is 20.8. The van der Waals surface area contributed by atoms with Crippen LogP contribution in [0.1, 0.15) is 49.1 Å². The van der Waals surface area contributed by atoms with Gasteiger partial charge in [-0.15, -0.1) is 0 Å². The molecule has 0 aliphatic rings. The predicted octanol–water partition coefficient (Wildman–Crippen LogP) is 5.87. The molecular weight excluding hydrogens is 372 g/mol.